The van der Waals surface area contributed by atoms with Crippen LogP contribution in [-0.2, 0) is 9.59 Å². The third-order valence-electron chi connectivity index (χ3n) is 3.47. The minimum absolute atomic E-state index is 0.192. The van der Waals surface area contributed by atoms with E-state index in [1.165, 1.54) is 14.0 Å². The number of benzene rings is 2. The Morgan fingerprint density at radius 3 is 2.42 bits per heavy atom. The maximum Gasteiger partial charge on any atom is 0.246 e. The molecule has 26 heavy (non-hydrogen) atoms. The summed E-state index contributed by atoms with van der Waals surface area (Å²) in [6.07, 6.45) is 0. The van der Waals surface area contributed by atoms with Crippen LogP contribution in [0.4, 0.5) is 17.1 Å². The van der Waals surface area contributed by atoms with E-state index in [2.05, 4.69) is 16.0 Å². The van der Waals surface area contributed by atoms with Crippen LogP contribution in [0.25, 0.3) is 0 Å². The van der Waals surface area contributed by atoms with E-state index in [1.54, 1.807) is 43.3 Å². The summed E-state index contributed by atoms with van der Waals surface area (Å²) in [5.74, 6) is 0.0446. The monoisotopic (exact) mass is 395 g/mol. The van der Waals surface area contributed by atoms with Crippen LogP contribution in [0.15, 0.2) is 36.4 Å². The van der Waals surface area contributed by atoms with Gasteiger partial charge in [-0.2, -0.15) is 0 Å². The van der Waals surface area contributed by atoms with Crippen LogP contribution < -0.4 is 20.7 Å². The zero-order valence-electron chi connectivity index (χ0n) is 14.5. The van der Waals surface area contributed by atoms with Crippen molar-refractivity contribution < 1.29 is 14.3 Å². The minimum Gasteiger partial charge on any atom is -0.495 e. The highest BCUT2D eigenvalue weighted by Crippen LogP contribution is 2.29. The van der Waals surface area contributed by atoms with Crippen LogP contribution in [0.2, 0.25) is 10.0 Å². The summed E-state index contributed by atoms with van der Waals surface area (Å²) < 4.78 is 5.29. The molecular formula is C18H19Cl2N3O3. The summed E-state index contributed by atoms with van der Waals surface area (Å²) in [6, 6.07) is 9.32. The fourth-order valence-corrected chi connectivity index (χ4v) is 2.57. The molecule has 0 aromatic heterocycles. The van der Waals surface area contributed by atoms with Gasteiger partial charge in [-0.05, 0) is 43.3 Å². The van der Waals surface area contributed by atoms with E-state index in [0.717, 1.165) is 0 Å². The standard InChI is InChI=1S/C18H19Cl2N3O3/c1-10(18(25)23-15-8-12(19)4-6-14(15)20)21-16-9-13(22-11(2)24)5-7-17(16)26-3/h4-10,21H,1-3H3,(H,22,24)(H,23,25). The van der Waals surface area contributed by atoms with Gasteiger partial charge in [-0.25, -0.2) is 0 Å². The zero-order chi connectivity index (χ0) is 19.3. The van der Waals surface area contributed by atoms with E-state index in [-0.39, 0.29) is 11.8 Å². The normalized spacial score (nSPS) is 11.4. The molecule has 3 N–H and O–H groups in total. The van der Waals surface area contributed by atoms with Crippen LogP contribution in [0.3, 0.4) is 0 Å². The first kappa shape index (κ1) is 19.9. The Labute approximate surface area is 161 Å². The van der Waals surface area contributed by atoms with E-state index < -0.39 is 6.04 Å². The molecule has 2 amide bonds. The summed E-state index contributed by atoms with van der Waals surface area (Å²) in [4.78, 5) is 23.7. The van der Waals surface area contributed by atoms with Gasteiger partial charge in [0.05, 0.1) is 23.5 Å². The highest BCUT2D eigenvalue weighted by molar-refractivity contribution is 6.35. The molecule has 2 aromatic carbocycles. The number of carbonyl (C=O) groups excluding carboxylic acids is 2. The smallest absolute Gasteiger partial charge is 0.246 e. The molecule has 0 saturated carbocycles. The predicted molar refractivity (Wildman–Crippen MR) is 105 cm³/mol. The van der Waals surface area contributed by atoms with Gasteiger partial charge in [0.15, 0.2) is 0 Å². The number of hydrogen-bond acceptors (Lipinski definition) is 4. The Bertz CT molecular complexity index is 827. The summed E-state index contributed by atoms with van der Waals surface area (Å²) >= 11 is 12.0. The second-order valence-corrected chi connectivity index (χ2v) is 6.42. The first-order chi connectivity index (χ1) is 12.3. The van der Waals surface area contributed by atoms with Crippen molar-refractivity contribution in [3.63, 3.8) is 0 Å². The van der Waals surface area contributed by atoms with Crippen LogP contribution in [-0.4, -0.2) is 25.0 Å². The molecule has 0 aliphatic carbocycles. The van der Waals surface area contributed by atoms with Gasteiger partial charge < -0.3 is 20.7 Å². The molecule has 1 unspecified atom stereocenters. The zero-order valence-corrected chi connectivity index (χ0v) is 16.0. The number of anilines is 3. The number of carbonyl (C=O) groups is 2. The highest BCUT2D eigenvalue weighted by atomic mass is 35.5. The average molecular weight is 396 g/mol. The molecule has 138 valence electrons. The molecule has 8 heteroatoms. The van der Waals surface area contributed by atoms with Gasteiger partial charge in [-0.15, -0.1) is 0 Å². The van der Waals surface area contributed by atoms with Crippen molar-refractivity contribution in [2.24, 2.45) is 0 Å². The number of ether oxygens (including phenoxy) is 1. The third kappa shape index (κ3) is 5.28. The Morgan fingerprint density at radius 1 is 1.04 bits per heavy atom. The largest absolute Gasteiger partial charge is 0.495 e. The fourth-order valence-electron chi connectivity index (χ4n) is 2.23. The Kier molecular flexibility index (Phi) is 6.71. The number of rotatable bonds is 6. The SMILES string of the molecule is COc1ccc(NC(C)=O)cc1NC(C)C(=O)Nc1cc(Cl)ccc1Cl. The molecule has 0 heterocycles. The van der Waals surface area contributed by atoms with Crippen molar-refractivity contribution in [2.45, 2.75) is 19.9 Å². The molecule has 0 fully saturated rings. The summed E-state index contributed by atoms with van der Waals surface area (Å²) in [5, 5.41) is 9.33. The average Bonchev–Trinajstić information content (AvgIpc) is 2.57. The second-order valence-electron chi connectivity index (χ2n) is 5.58. The molecule has 0 radical (unpaired) electrons. The molecule has 6 nitrogen and oxygen atoms in total. The van der Waals surface area contributed by atoms with Crippen molar-refractivity contribution in [1.82, 2.24) is 0 Å². The second kappa shape index (κ2) is 8.78. The molecule has 2 rings (SSSR count). The Morgan fingerprint density at radius 2 is 1.77 bits per heavy atom. The van der Waals surface area contributed by atoms with Crippen molar-refractivity contribution in [3.05, 3.63) is 46.4 Å². The number of nitrogens with one attached hydrogen (secondary N) is 3. The molecular weight excluding hydrogens is 377 g/mol. The Hall–Kier alpha value is -2.44. The first-order valence-electron chi connectivity index (χ1n) is 7.78. The molecule has 0 bridgehead atoms. The lowest BCUT2D eigenvalue weighted by atomic mass is 10.2. The number of halogens is 2. The number of amides is 2. The molecule has 1 atom stereocenters. The summed E-state index contributed by atoms with van der Waals surface area (Å²) in [5.41, 5.74) is 1.58. The Balaban J connectivity index is 2.14. The van der Waals surface area contributed by atoms with E-state index in [1.807, 2.05) is 0 Å². The fraction of sp³-hybridized carbons (Fsp3) is 0.222. The summed E-state index contributed by atoms with van der Waals surface area (Å²) in [7, 11) is 1.52. The predicted octanol–water partition coefficient (Wildman–Crippen LogP) is 4.40. The van der Waals surface area contributed by atoms with Crippen LogP contribution >= 0.6 is 23.2 Å². The van der Waals surface area contributed by atoms with Crippen molar-refractivity contribution in [1.29, 1.82) is 0 Å². The lowest BCUT2D eigenvalue weighted by Gasteiger charge is -2.18. The maximum atomic E-state index is 12.5. The summed E-state index contributed by atoms with van der Waals surface area (Å²) in [6.45, 7) is 3.11. The molecule has 0 aliphatic rings. The van der Waals surface area contributed by atoms with Crippen molar-refractivity contribution >= 4 is 52.1 Å². The molecule has 2 aromatic rings. The van der Waals surface area contributed by atoms with Crippen molar-refractivity contribution in [2.75, 3.05) is 23.1 Å². The third-order valence-corrected chi connectivity index (χ3v) is 4.04. The minimum atomic E-state index is -0.605. The van der Waals surface area contributed by atoms with Crippen LogP contribution in [0.5, 0.6) is 5.75 Å². The van der Waals surface area contributed by atoms with Gasteiger partial charge in [0.25, 0.3) is 0 Å². The van der Waals surface area contributed by atoms with E-state index in [0.29, 0.717) is 32.9 Å². The van der Waals surface area contributed by atoms with Gasteiger partial charge >= 0.3 is 0 Å². The van der Waals surface area contributed by atoms with Gasteiger partial charge in [0.2, 0.25) is 11.8 Å². The van der Waals surface area contributed by atoms with Crippen LogP contribution in [0, 0.1) is 0 Å². The molecule has 0 aliphatic heterocycles. The topological polar surface area (TPSA) is 79.5 Å². The maximum absolute atomic E-state index is 12.5. The van der Waals surface area contributed by atoms with Crippen LogP contribution in [0.1, 0.15) is 13.8 Å². The van der Waals surface area contributed by atoms with Gasteiger partial charge in [0.1, 0.15) is 11.8 Å². The highest BCUT2D eigenvalue weighted by Gasteiger charge is 2.17. The van der Waals surface area contributed by atoms with E-state index in [9.17, 15) is 9.59 Å². The lowest BCUT2D eigenvalue weighted by molar-refractivity contribution is -0.116. The van der Waals surface area contributed by atoms with E-state index in [4.69, 9.17) is 27.9 Å². The number of methoxy groups -OCH3 is 1. The van der Waals surface area contributed by atoms with Gasteiger partial charge in [-0.3, -0.25) is 9.59 Å². The first-order valence-corrected chi connectivity index (χ1v) is 8.54. The lowest BCUT2D eigenvalue weighted by Crippen LogP contribution is -2.32. The number of hydrogen-bond donors (Lipinski definition) is 3. The molecule has 0 spiro atoms. The van der Waals surface area contributed by atoms with Crippen molar-refractivity contribution in [3.8, 4) is 5.75 Å². The van der Waals surface area contributed by atoms with Gasteiger partial charge in [0, 0.05) is 17.6 Å². The quantitative estimate of drug-likeness (QED) is 0.676. The van der Waals surface area contributed by atoms with Gasteiger partial charge in [-0.1, -0.05) is 23.2 Å². The van der Waals surface area contributed by atoms with E-state index >= 15 is 0 Å². The molecule has 0 saturated heterocycles.